The van der Waals surface area contributed by atoms with E-state index in [1.807, 2.05) is 28.9 Å². The first kappa shape index (κ1) is 21.8. The van der Waals surface area contributed by atoms with Crippen LogP contribution in [-0.2, 0) is 23.9 Å². The van der Waals surface area contributed by atoms with Gasteiger partial charge in [-0.3, -0.25) is 9.69 Å². The van der Waals surface area contributed by atoms with Gasteiger partial charge < -0.3 is 14.8 Å². The Hall–Kier alpha value is -3.00. The maximum absolute atomic E-state index is 13.3. The summed E-state index contributed by atoms with van der Waals surface area (Å²) in [5, 5.41) is 1.17. The normalized spacial score (nSPS) is 18.4. The number of aromatic nitrogens is 1. The highest BCUT2D eigenvalue weighted by atomic mass is 19.4. The molecule has 1 atom stereocenters. The van der Waals surface area contributed by atoms with Crippen molar-refractivity contribution >= 4 is 22.5 Å². The average molecular weight is 457 g/mol. The van der Waals surface area contributed by atoms with E-state index in [2.05, 4.69) is 22.0 Å². The molecule has 1 saturated heterocycles. The Morgan fingerprint density at radius 2 is 1.76 bits per heavy atom. The third kappa shape index (κ3) is 4.19. The van der Waals surface area contributed by atoms with Gasteiger partial charge in [-0.2, -0.15) is 13.2 Å². The molecule has 2 aromatic carbocycles. The molecule has 3 heterocycles. The molecule has 0 unspecified atom stereocenters. The Kier molecular flexibility index (Phi) is 5.56. The number of rotatable bonds is 3. The second kappa shape index (κ2) is 8.41. The van der Waals surface area contributed by atoms with Crippen LogP contribution in [0.15, 0.2) is 48.5 Å². The number of para-hydroxylation sites is 1. The third-order valence-corrected chi connectivity index (χ3v) is 6.95. The number of hydrogen-bond acceptors (Lipinski definition) is 3. The largest absolute Gasteiger partial charge is 0.416 e. The number of carbonyl (C=O) groups excluding carboxylic acids is 1. The number of carbonyl (C=O) groups is 1. The van der Waals surface area contributed by atoms with Gasteiger partial charge in [-0.05, 0) is 31.2 Å². The first-order valence-electron chi connectivity index (χ1n) is 11.3. The van der Waals surface area contributed by atoms with E-state index in [4.69, 9.17) is 0 Å². The quantitative estimate of drug-likeness (QED) is 0.640. The van der Waals surface area contributed by atoms with Gasteiger partial charge in [0, 0.05) is 73.5 Å². The van der Waals surface area contributed by atoms with Crippen LogP contribution in [0.3, 0.4) is 0 Å². The van der Waals surface area contributed by atoms with Crippen molar-refractivity contribution in [2.24, 2.45) is 0 Å². The highest BCUT2D eigenvalue weighted by Crippen LogP contribution is 2.32. The minimum atomic E-state index is -4.35. The lowest BCUT2D eigenvalue weighted by molar-refractivity contribution is -0.138. The van der Waals surface area contributed by atoms with E-state index in [0.717, 1.165) is 18.0 Å². The second-order valence-electron chi connectivity index (χ2n) is 8.88. The topological polar surface area (TPSA) is 42.6 Å². The Morgan fingerprint density at radius 3 is 2.52 bits per heavy atom. The predicted molar refractivity (Wildman–Crippen MR) is 122 cm³/mol. The van der Waals surface area contributed by atoms with Crippen LogP contribution in [-0.4, -0.2) is 59.5 Å². The van der Waals surface area contributed by atoms with Crippen LogP contribution >= 0.6 is 0 Å². The zero-order valence-electron chi connectivity index (χ0n) is 18.5. The molecule has 1 fully saturated rings. The molecule has 5 nitrogen and oxygen atoms in total. The molecule has 0 bridgehead atoms. The molecule has 8 heteroatoms. The molecule has 1 amide bonds. The maximum atomic E-state index is 13.3. The summed E-state index contributed by atoms with van der Waals surface area (Å²) in [6.07, 6.45) is -3.54. The molecule has 174 valence electrons. The van der Waals surface area contributed by atoms with Gasteiger partial charge in [0.25, 0.3) is 0 Å². The standard InChI is InChI=1S/C25H27F3N4O/c1-17(24(33)32-10-9-23-21(16-32)20-7-2-3-8-22(20)29-23)30-11-13-31(14-12-30)19-6-4-5-18(15-19)25(26,27)28/h2-8,15,17,29H,9-14,16H2,1H3/t17-/m1/s1. The summed E-state index contributed by atoms with van der Waals surface area (Å²) in [5.74, 6) is 0.110. The maximum Gasteiger partial charge on any atom is 0.416 e. The molecule has 5 rings (SSSR count). The average Bonchev–Trinajstić information content (AvgIpc) is 3.21. The van der Waals surface area contributed by atoms with E-state index in [0.29, 0.717) is 45.0 Å². The number of H-pyrrole nitrogens is 1. The number of nitrogens with zero attached hydrogens (tertiary/aromatic N) is 3. The van der Waals surface area contributed by atoms with Crippen molar-refractivity contribution in [3.63, 3.8) is 0 Å². The molecule has 2 aliphatic heterocycles. The zero-order chi connectivity index (χ0) is 23.2. The summed E-state index contributed by atoms with van der Waals surface area (Å²) in [4.78, 5) is 22.8. The molecule has 1 aromatic heterocycles. The SMILES string of the molecule is C[C@H](C(=O)N1CCc2[nH]c3ccccc3c2C1)N1CCN(c2cccc(C(F)(F)F)c2)CC1. The molecular formula is C25H27F3N4O. The van der Waals surface area contributed by atoms with E-state index >= 15 is 0 Å². The lowest BCUT2D eigenvalue weighted by Gasteiger charge is -2.40. The van der Waals surface area contributed by atoms with Gasteiger partial charge in [-0.1, -0.05) is 24.3 Å². The van der Waals surface area contributed by atoms with Gasteiger partial charge >= 0.3 is 6.18 Å². The van der Waals surface area contributed by atoms with Crippen molar-refractivity contribution in [1.29, 1.82) is 0 Å². The zero-order valence-corrected chi connectivity index (χ0v) is 18.5. The van der Waals surface area contributed by atoms with Gasteiger partial charge in [0.1, 0.15) is 0 Å². The predicted octanol–water partition coefficient (Wildman–Crippen LogP) is 4.28. The molecule has 2 aliphatic rings. The summed E-state index contributed by atoms with van der Waals surface area (Å²) < 4.78 is 39.2. The Bertz CT molecular complexity index is 1160. The van der Waals surface area contributed by atoms with Crippen LogP contribution in [0.5, 0.6) is 0 Å². The summed E-state index contributed by atoms with van der Waals surface area (Å²) in [6.45, 7) is 5.68. The summed E-state index contributed by atoms with van der Waals surface area (Å²) in [5.41, 5.74) is 3.46. The highest BCUT2D eigenvalue weighted by Gasteiger charge is 2.33. The van der Waals surface area contributed by atoms with E-state index < -0.39 is 11.7 Å². The minimum Gasteiger partial charge on any atom is -0.369 e. The minimum absolute atomic E-state index is 0.110. The first-order valence-corrected chi connectivity index (χ1v) is 11.3. The molecule has 33 heavy (non-hydrogen) atoms. The van der Waals surface area contributed by atoms with E-state index in [1.165, 1.54) is 28.8 Å². The molecule has 0 spiro atoms. The second-order valence-corrected chi connectivity index (χ2v) is 8.88. The number of fused-ring (bicyclic) bond motifs is 3. The fraction of sp³-hybridized carbons (Fsp3) is 0.400. The molecule has 3 aromatic rings. The molecule has 1 N–H and O–H groups in total. The summed E-state index contributed by atoms with van der Waals surface area (Å²) in [7, 11) is 0. The van der Waals surface area contributed by atoms with E-state index in [9.17, 15) is 18.0 Å². The number of nitrogens with one attached hydrogen (secondary N) is 1. The number of halogens is 3. The van der Waals surface area contributed by atoms with Crippen molar-refractivity contribution in [2.75, 3.05) is 37.6 Å². The number of aromatic amines is 1. The van der Waals surface area contributed by atoms with Gasteiger partial charge in [0.15, 0.2) is 0 Å². The van der Waals surface area contributed by atoms with Gasteiger partial charge in [-0.15, -0.1) is 0 Å². The number of hydrogen-bond donors (Lipinski definition) is 1. The highest BCUT2D eigenvalue weighted by molar-refractivity contribution is 5.87. The van der Waals surface area contributed by atoms with Crippen LogP contribution in [0.4, 0.5) is 18.9 Å². The smallest absolute Gasteiger partial charge is 0.369 e. The van der Waals surface area contributed by atoms with Crippen molar-refractivity contribution in [3.05, 3.63) is 65.4 Å². The van der Waals surface area contributed by atoms with Crippen molar-refractivity contribution < 1.29 is 18.0 Å². The molecule has 0 radical (unpaired) electrons. The monoisotopic (exact) mass is 456 g/mol. The van der Waals surface area contributed by atoms with Crippen LogP contribution in [0, 0.1) is 0 Å². The molecule has 0 saturated carbocycles. The van der Waals surface area contributed by atoms with Crippen LogP contribution in [0.2, 0.25) is 0 Å². The van der Waals surface area contributed by atoms with Crippen LogP contribution < -0.4 is 4.90 Å². The molecule has 0 aliphatic carbocycles. The summed E-state index contributed by atoms with van der Waals surface area (Å²) in [6, 6.07) is 13.4. The third-order valence-electron chi connectivity index (χ3n) is 6.95. The van der Waals surface area contributed by atoms with Gasteiger partial charge in [0.2, 0.25) is 5.91 Å². The molecular weight excluding hydrogens is 429 g/mol. The number of amides is 1. The van der Waals surface area contributed by atoms with Crippen LogP contribution in [0.1, 0.15) is 23.7 Å². The lowest BCUT2D eigenvalue weighted by Crippen LogP contribution is -2.55. The van der Waals surface area contributed by atoms with Crippen molar-refractivity contribution in [2.45, 2.75) is 32.1 Å². The fourth-order valence-corrected chi connectivity index (χ4v) is 5.02. The number of anilines is 1. The van der Waals surface area contributed by atoms with Gasteiger partial charge in [-0.25, -0.2) is 0 Å². The Labute approximate surface area is 190 Å². The lowest BCUT2D eigenvalue weighted by atomic mass is 10.0. The Morgan fingerprint density at radius 1 is 1.00 bits per heavy atom. The first-order chi connectivity index (χ1) is 15.8. The summed E-state index contributed by atoms with van der Waals surface area (Å²) >= 11 is 0. The number of alkyl halides is 3. The van der Waals surface area contributed by atoms with E-state index in [1.54, 1.807) is 6.07 Å². The van der Waals surface area contributed by atoms with Crippen LogP contribution in [0.25, 0.3) is 10.9 Å². The van der Waals surface area contributed by atoms with Crippen molar-refractivity contribution in [3.8, 4) is 0 Å². The Balaban J connectivity index is 1.22. The number of piperazine rings is 1. The van der Waals surface area contributed by atoms with Crippen molar-refractivity contribution in [1.82, 2.24) is 14.8 Å². The fourth-order valence-electron chi connectivity index (χ4n) is 5.02. The van der Waals surface area contributed by atoms with Gasteiger partial charge in [0.05, 0.1) is 11.6 Å². The number of benzene rings is 2. The van der Waals surface area contributed by atoms with E-state index in [-0.39, 0.29) is 11.9 Å².